The fourth-order valence-corrected chi connectivity index (χ4v) is 1.59. The Morgan fingerprint density at radius 1 is 1.33 bits per heavy atom. The van der Waals surface area contributed by atoms with E-state index in [1.165, 1.54) is 0 Å². The van der Waals surface area contributed by atoms with Crippen molar-refractivity contribution in [2.24, 2.45) is 5.84 Å². The number of ether oxygens (including phenoxy) is 1. The minimum Gasteiger partial charge on any atom is -0.497 e. The number of methoxy groups -OCH3 is 1. The summed E-state index contributed by atoms with van der Waals surface area (Å²) < 4.78 is 5.14. The molecular formula is C11H13N3O. The highest BCUT2D eigenvalue weighted by atomic mass is 16.5. The first-order valence-electron chi connectivity index (χ1n) is 4.66. The molecular weight excluding hydrogens is 190 g/mol. The Morgan fingerprint density at radius 2 is 2.13 bits per heavy atom. The summed E-state index contributed by atoms with van der Waals surface area (Å²) >= 11 is 0. The lowest BCUT2D eigenvalue weighted by molar-refractivity contribution is 0.415. The van der Waals surface area contributed by atoms with Crippen LogP contribution in [0.5, 0.6) is 5.75 Å². The summed E-state index contributed by atoms with van der Waals surface area (Å²) in [6.07, 6.45) is 0. The molecule has 4 heteroatoms. The zero-order valence-electron chi connectivity index (χ0n) is 8.74. The molecule has 4 nitrogen and oxygen atoms in total. The lowest BCUT2D eigenvalue weighted by Gasteiger charge is -2.08. The predicted octanol–water partition coefficient (Wildman–Crippen LogP) is 1.84. The van der Waals surface area contributed by atoms with E-state index in [-0.39, 0.29) is 0 Å². The molecule has 0 aliphatic heterocycles. The molecule has 78 valence electrons. The van der Waals surface area contributed by atoms with Gasteiger partial charge in [0.1, 0.15) is 5.75 Å². The third kappa shape index (κ3) is 1.71. The summed E-state index contributed by atoms with van der Waals surface area (Å²) in [7, 11) is 1.64. The van der Waals surface area contributed by atoms with E-state index in [4.69, 9.17) is 10.6 Å². The van der Waals surface area contributed by atoms with E-state index in [1.807, 2.05) is 31.2 Å². The molecule has 0 radical (unpaired) electrons. The third-order valence-corrected chi connectivity index (χ3v) is 2.30. The van der Waals surface area contributed by atoms with Crippen LogP contribution in [0.2, 0.25) is 0 Å². The van der Waals surface area contributed by atoms with Crippen LogP contribution >= 0.6 is 0 Å². The number of hydrogen-bond donors (Lipinski definition) is 2. The first-order valence-corrected chi connectivity index (χ1v) is 4.66. The Bertz CT molecular complexity index is 496. The van der Waals surface area contributed by atoms with Gasteiger partial charge in [-0.05, 0) is 25.1 Å². The van der Waals surface area contributed by atoms with Gasteiger partial charge >= 0.3 is 0 Å². The Balaban J connectivity index is 2.72. The van der Waals surface area contributed by atoms with Crippen LogP contribution in [-0.2, 0) is 0 Å². The Morgan fingerprint density at radius 3 is 2.80 bits per heavy atom. The maximum absolute atomic E-state index is 5.45. The van der Waals surface area contributed by atoms with Gasteiger partial charge in [-0.15, -0.1) is 0 Å². The highest BCUT2D eigenvalue weighted by Crippen LogP contribution is 2.25. The van der Waals surface area contributed by atoms with Gasteiger partial charge in [0.15, 0.2) is 0 Å². The number of nitrogen functional groups attached to an aromatic ring is 1. The smallest absolute Gasteiger partial charge is 0.121 e. The molecule has 15 heavy (non-hydrogen) atoms. The highest BCUT2D eigenvalue weighted by molar-refractivity contribution is 5.92. The van der Waals surface area contributed by atoms with Crippen molar-refractivity contribution in [3.05, 3.63) is 30.0 Å². The number of nitrogens with one attached hydrogen (secondary N) is 1. The van der Waals surface area contributed by atoms with Crippen LogP contribution in [0.15, 0.2) is 24.3 Å². The van der Waals surface area contributed by atoms with Crippen LogP contribution in [0.1, 0.15) is 5.69 Å². The summed E-state index contributed by atoms with van der Waals surface area (Å²) in [4.78, 5) is 4.42. The van der Waals surface area contributed by atoms with Gasteiger partial charge in [-0.25, -0.2) is 0 Å². The Hall–Kier alpha value is -1.81. The molecule has 1 aromatic carbocycles. The molecule has 0 amide bonds. The molecule has 2 aromatic rings. The number of aryl methyl sites for hydroxylation is 1. The standard InChI is InChI=1S/C11H13N3O/c1-7-5-11(14-12)9-4-3-8(15-2)6-10(9)13-7/h3-6H,12H2,1-2H3,(H,13,14). The lowest BCUT2D eigenvalue weighted by atomic mass is 10.1. The highest BCUT2D eigenvalue weighted by Gasteiger charge is 2.03. The molecule has 1 heterocycles. The number of benzene rings is 1. The second-order valence-corrected chi connectivity index (χ2v) is 3.34. The van der Waals surface area contributed by atoms with Crippen molar-refractivity contribution in [3.8, 4) is 5.75 Å². The average Bonchev–Trinajstić information content (AvgIpc) is 2.26. The SMILES string of the molecule is COc1ccc2c(NN)cc(C)nc2c1. The summed E-state index contributed by atoms with van der Waals surface area (Å²) in [6.45, 7) is 1.93. The maximum atomic E-state index is 5.45. The Labute approximate surface area is 88.0 Å². The summed E-state index contributed by atoms with van der Waals surface area (Å²) in [6, 6.07) is 7.63. The molecule has 0 atom stereocenters. The van der Waals surface area contributed by atoms with E-state index in [0.29, 0.717) is 0 Å². The van der Waals surface area contributed by atoms with Gasteiger partial charge in [-0.1, -0.05) is 0 Å². The van der Waals surface area contributed by atoms with Crippen LogP contribution < -0.4 is 16.0 Å². The molecule has 0 bridgehead atoms. The first-order chi connectivity index (χ1) is 7.24. The molecule has 0 fully saturated rings. The van der Waals surface area contributed by atoms with Crippen molar-refractivity contribution >= 4 is 16.6 Å². The largest absolute Gasteiger partial charge is 0.497 e. The molecule has 0 saturated heterocycles. The average molecular weight is 203 g/mol. The van der Waals surface area contributed by atoms with Crippen molar-refractivity contribution in [2.45, 2.75) is 6.92 Å². The molecule has 0 aliphatic rings. The van der Waals surface area contributed by atoms with E-state index in [0.717, 1.165) is 28.0 Å². The van der Waals surface area contributed by atoms with Gasteiger partial charge in [0.25, 0.3) is 0 Å². The Kier molecular flexibility index (Phi) is 2.43. The summed E-state index contributed by atoms with van der Waals surface area (Å²) in [5.41, 5.74) is 5.34. The van der Waals surface area contributed by atoms with Crippen LogP contribution in [0.3, 0.4) is 0 Å². The normalized spacial score (nSPS) is 10.3. The van der Waals surface area contributed by atoms with Gasteiger partial charge in [-0.3, -0.25) is 10.8 Å². The van der Waals surface area contributed by atoms with Crippen LogP contribution in [0.25, 0.3) is 10.9 Å². The van der Waals surface area contributed by atoms with E-state index in [1.54, 1.807) is 7.11 Å². The minimum atomic E-state index is 0.795. The van der Waals surface area contributed by atoms with Gasteiger partial charge < -0.3 is 10.2 Å². The molecule has 1 aromatic heterocycles. The lowest BCUT2D eigenvalue weighted by Crippen LogP contribution is -2.07. The first kappa shape index (κ1) is 9.73. The second-order valence-electron chi connectivity index (χ2n) is 3.34. The number of pyridine rings is 1. The number of nitrogens with zero attached hydrogens (tertiary/aromatic N) is 1. The van der Waals surface area contributed by atoms with E-state index < -0.39 is 0 Å². The number of aromatic nitrogens is 1. The van der Waals surface area contributed by atoms with Crippen LogP contribution in [0.4, 0.5) is 5.69 Å². The topological polar surface area (TPSA) is 60.2 Å². The molecule has 0 unspecified atom stereocenters. The molecule has 3 N–H and O–H groups in total. The maximum Gasteiger partial charge on any atom is 0.121 e. The van der Waals surface area contributed by atoms with Crippen molar-refractivity contribution < 1.29 is 4.74 Å². The zero-order chi connectivity index (χ0) is 10.8. The summed E-state index contributed by atoms with van der Waals surface area (Å²) in [5.74, 6) is 6.24. The fraction of sp³-hybridized carbons (Fsp3) is 0.182. The van der Waals surface area contributed by atoms with E-state index >= 15 is 0 Å². The van der Waals surface area contributed by atoms with Gasteiger partial charge in [-0.2, -0.15) is 0 Å². The fourth-order valence-electron chi connectivity index (χ4n) is 1.59. The third-order valence-electron chi connectivity index (χ3n) is 2.30. The molecule has 0 saturated carbocycles. The minimum absolute atomic E-state index is 0.795. The van der Waals surface area contributed by atoms with Crippen molar-refractivity contribution in [2.75, 3.05) is 12.5 Å². The number of anilines is 1. The van der Waals surface area contributed by atoms with Gasteiger partial charge in [0.2, 0.25) is 0 Å². The quantitative estimate of drug-likeness (QED) is 0.577. The second kappa shape index (κ2) is 3.74. The van der Waals surface area contributed by atoms with Gasteiger partial charge in [0, 0.05) is 17.1 Å². The molecule has 0 spiro atoms. The van der Waals surface area contributed by atoms with E-state index in [9.17, 15) is 0 Å². The van der Waals surface area contributed by atoms with Crippen LogP contribution in [0, 0.1) is 6.92 Å². The number of hydrogen-bond acceptors (Lipinski definition) is 4. The van der Waals surface area contributed by atoms with E-state index in [2.05, 4.69) is 10.4 Å². The zero-order valence-corrected chi connectivity index (χ0v) is 8.74. The van der Waals surface area contributed by atoms with Crippen molar-refractivity contribution in [1.82, 2.24) is 4.98 Å². The summed E-state index contributed by atoms with van der Waals surface area (Å²) in [5, 5.41) is 0.990. The number of hydrazine groups is 1. The monoisotopic (exact) mass is 203 g/mol. The molecule has 0 aliphatic carbocycles. The predicted molar refractivity (Wildman–Crippen MR) is 60.8 cm³/mol. The van der Waals surface area contributed by atoms with Crippen molar-refractivity contribution in [3.63, 3.8) is 0 Å². The van der Waals surface area contributed by atoms with Crippen molar-refractivity contribution in [1.29, 1.82) is 0 Å². The number of nitrogens with two attached hydrogens (primary N) is 1. The van der Waals surface area contributed by atoms with Crippen LogP contribution in [-0.4, -0.2) is 12.1 Å². The van der Waals surface area contributed by atoms with Gasteiger partial charge in [0.05, 0.1) is 18.3 Å². The number of rotatable bonds is 2. The number of fused-ring (bicyclic) bond motifs is 1. The molecule has 2 rings (SSSR count).